The molecule has 0 spiro atoms. The zero-order chi connectivity index (χ0) is 19.0. The molecule has 0 amide bonds. The zero-order valence-corrected chi connectivity index (χ0v) is 16.0. The van der Waals surface area contributed by atoms with E-state index in [4.69, 9.17) is 14.5 Å². The lowest BCUT2D eigenvalue weighted by molar-refractivity contribution is 0.0601. The molecule has 2 aromatic heterocycles. The van der Waals surface area contributed by atoms with E-state index in [1.165, 1.54) is 18.4 Å². The third kappa shape index (κ3) is 3.27. The highest BCUT2D eigenvalue weighted by molar-refractivity contribution is 7.21. The van der Waals surface area contributed by atoms with Gasteiger partial charge in [-0.2, -0.15) is 0 Å². The van der Waals surface area contributed by atoms with E-state index in [2.05, 4.69) is 16.0 Å². The predicted octanol–water partition coefficient (Wildman–Crippen LogP) is 4.15. The first-order chi connectivity index (χ1) is 13.1. The Labute approximate surface area is 159 Å². The molecule has 0 aliphatic rings. The van der Waals surface area contributed by atoms with Crippen LogP contribution in [0.5, 0.6) is 0 Å². The molecule has 0 radical (unpaired) electrons. The minimum absolute atomic E-state index is 0.357. The Morgan fingerprint density at radius 3 is 2.74 bits per heavy atom. The number of carbonyl (C=O) groups is 1. The number of esters is 1. The topological polar surface area (TPSA) is 74.2 Å². The molecule has 0 saturated heterocycles. The maximum atomic E-state index is 11.8. The van der Waals surface area contributed by atoms with Crippen LogP contribution in [-0.2, 0) is 16.1 Å². The molecule has 0 aliphatic carbocycles. The highest BCUT2D eigenvalue weighted by atomic mass is 32.1. The second kappa shape index (κ2) is 7.02. The van der Waals surface area contributed by atoms with Crippen LogP contribution >= 0.6 is 11.3 Å². The molecule has 2 aromatic carbocycles. The minimum Gasteiger partial charge on any atom is -0.465 e. The number of nitrogens with zero attached hydrogens (tertiary/aromatic N) is 3. The largest absolute Gasteiger partial charge is 0.465 e. The third-order valence-corrected chi connectivity index (χ3v) is 5.22. The van der Waals surface area contributed by atoms with Crippen LogP contribution in [0.3, 0.4) is 0 Å². The van der Waals surface area contributed by atoms with E-state index >= 15 is 0 Å². The summed E-state index contributed by atoms with van der Waals surface area (Å²) in [6.45, 7) is 2.44. The van der Waals surface area contributed by atoms with E-state index < -0.39 is 0 Å². The van der Waals surface area contributed by atoms with Gasteiger partial charge >= 0.3 is 5.97 Å². The number of fused-ring (bicyclic) bond motifs is 2. The van der Waals surface area contributed by atoms with Crippen LogP contribution in [0.1, 0.15) is 21.6 Å². The molecule has 0 fully saturated rings. The number of thiazole rings is 1. The predicted molar refractivity (Wildman–Crippen MR) is 105 cm³/mol. The number of benzene rings is 2. The summed E-state index contributed by atoms with van der Waals surface area (Å²) in [6.07, 6.45) is 1.73. The Hall–Kier alpha value is -2.90. The maximum Gasteiger partial charge on any atom is 0.337 e. The minimum atomic E-state index is -0.357. The van der Waals surface area contributed by atoms with Gasteiger partial charge in [0.05, 0.1) is 52.4 Å². The quantitative estimate of drug-likeness (QED) is 0.496. The number of rotatable bonds is 4. The van der Waals surface area contributed by atoms with Gasteiger partial charge < -0.3 is 9.47 Å². The summed E-state index contributed by atoms with van der Waals surface area (Å²) < 4.78 is 10.9. The van der Waals surface area contributed by atoms with Crippen LogP contribution in [0.4, 0.5) is 0 Å². The van der Waals surface area contributed by atoms with Gasteiger partial charge in [-0.25, -0.2) is 14.8 Å². The van der Waals surface area contributed by atoms with Crippen LogP contribution < -0.4 is 0 Å². The number of methoxy groups -OCH3 is 2. The molecule has 4 aromatic rings. The molecule has 2 heterocycles. The van der Waals surface area contributed by atoms with Gasteiger partial charge in [-0.05, 0) is 42.8 Å². The molecule has 0 bridgehead atoms. The highest BCUT2D eigenvalue weighted by Crippen LogP contribution is 2.34. The van der Waals surface area contributed by atoms with Gasteiger partial charge in [-0.3, -0.25) is 4.98 Å². The Kier molecular flexibility index (Phi) is 4.55. The number of aromatic nitrogens is 3. The number of ether oxygens (including phenoxy) is 2. The van der Waals surface area contributed by atoms with Crippen LogP contribution in [0.15, 0.2) is 36.5 Å². The maximum absolute atomic E-state index is 11.8. The fourth-order valence-electron chi connectivity index (χ4n) is 2.97. The van der Waals surface area contributed by atoms with Gasteiger partial charge in [0, 0.05) is 12.7 Å². The van der Waals surface area contributed by atoms with Crippen molar-refractivity contribution < 1.29 is 14.3 Å². The molecule has 136 valence electrons. The number of hydrogen-bond acceptors (Lipinski definition) is 7. The molecule has 0 atom stereocenters. The molecule has 4 rings (SSSR count). The first-order valence-electron chi connectivity index (χ1n) is 8.33. The molecule has 27 heavy (non-hydrogen) atoms. The third-order valence-electron chi connectivity index (χ3n) is 4.17. The zero-order valence-electron chi connectivity index (χ0n) is 15.1. The lowest BCUT2D eigenvalue weighted by Crippen LogP contribution is -1.99. The van der Waals surface area contributed by atoms with Crippen molar-refractivity contribution in [1.82, 2.24) is 15.0 Å². The van der Waals surface area contributed by atoms with Gasteiger partial charge in [0.1, 0.15) is 5.01 Å². The first kappa shape index (κ1) is 17.5. The molecular formula is C20H17N3O3S. The molecule has 0 N–H and O–H groups in total. The average Bonchev–Trinajstić information content (AvgIpc) is 3.09. The molecule has 0 unspecified atom stereocenters. The summed E-state index contributed by atoms with van der Waals surface area (Å²) in [7, 11) is 3.01. The number of aryl methyl sites for hydroxylation is 1. The Bertz CT molecular complexity index is 1170. The standard InChI is InChI=1S/C20H17N3O3S/c1-11-6-14(18-16(7-11)22-13(9-21-18)10-25-2)19-23-15-5-4-12(20(24)26-3)8-17(15)27-19/h4-9H,10H2,1-3H3. The van der Waals surface area contributed by atoms with E-state index in [-0.39, 0.29) is 5.97 Å². The average molecular weight is 379 g/mol. The van der Waals surface area contributed by atoms with Crippen LogP contribution in [0.2, 0.25) is 0 Å². The summed E-state index contributed by atoms with van der Waals surface area (Å²) in [5.74, 6) is -0.357. The van der Waals surface area contributed by atoms with Gasteiger partial charge in [-0.15, -0.1) is 11.3 Å². The van der Waals surface area contributed by atoms with Crippen molar-refractivity contribution in [1.29, 1.82) is 0 Å². The fraction of sp³-hybridized carbons (Fsp3) is 0.200. The van der Waals surface area contributed by atoms with Crippen LogP contribution in [0, 0.1) is 6.92 Å². The van der Waals surface area contributed by atoms with E-state index in [1.807, 2.05) is 25.1 Å². The smallest absolute Gasteiger partial charge is 0.337 e. The molecule has 6 nitrogen and oxygen atoms in total. The summed E-state index contributed by atoms with van der Waals surface area (Å²) in [4.78, 5) is 25.7. The second-order valence-corrected chi connectivity index (χ2v) is 7.20. The van der Waals surface area contributed by atoms with E-state index in [0.717, 1.165) is 43.1 Å². The monoisotopic (exact) mass is 379 g/mol. The number of hydrogen-bond donors (Lipinski definition) is 0. The Morgan fingerprint density at radius 2 is 1.96 bits per heavy atom. The Balaban J connectivity index is 1.87. The fourth-order valence-corrected chi connectivity index (χ4v) is 3.99. The van der Waals surface area contributed by atoms with Crippen molar-refractivity contribution >= 4 is 38.6 Å². The van der Waals surface area contributed by atoms with Gasteiger partial charge in [0.15, 0.2) is 0 Å². The van der Waals surface area contributed by atoms with E-state index in [9.17, 15) is 4.79 Å². The van der Waals surface area contributed by atoms with Crippen molar-refractivity contribution in [3.63, 3.8) is 0 Å². The lowest BCUT2D eigenvalue weighted by Gasteiger charge is -2.06. The van der Waals surface area contributed by atoms with E-state index in [1.54, 1.807) is 19.4 Å². The van der Waals surface area contributed by atoms with Gasteiger partial charge in [-0.1, -0.05) is 0 Å². The van der Waals surface area contributed by atoms with Gasteiger partial charge in [0.2, 0.25) is 0 Å². The van der Waals surface area contributed by atoms with E-state index in [0.29, 0.717) is 12.2 Å². The summed E-state index contributed by atoms with van der Waals surface area (Å²) in [6, 6.07) is 9.44. The molecule has 7 heteroatoms. The summed E-state index contributed by atoms with van der Waals surface area (Å²) >= 11 is 1.52. The Morgan fingerprint density at radius 1 is 1.11 bits per heavy atom. The highest BCUT2D eigenvalue weighted by Gasteiger charge is 2.14. The van der Waals surface area contributed by atoms with Crippen molar-refractivity contribution in [2.45, 2.75) is 13.5 Å². The summed E-state index contributed by atoms with van der Waals surface area (Å²) in [5.41, 5.74) is 5.76. The summed E-state index contributed by atoms with van der Waals surface area (Å²) in [5, 5.41) is 0.842. The van der Waals surface area contributed by atoms with Crippen LogP contribution in [-0.4, -0.2) is 35.1 Å². The first-order valence-corrected chi connectivity index (χ1v) is 9.15. The normalized spacial score (nSPS) is 11.2. The van der Waals surface area contributed by atoms with Crippen LogP contribution in [0.25, 0.3) is 31.8 Å². The lowest BCUT2D eigenvalue weighted by atomic mass is 10.1. The van der Waals surface area contributed by atoms with Crippen molar-refractivity contribution in [2.24, 2.45) is 0 Å². The SMILES string of the molecule is COCc1cnc2c(-c3nc4ccc(C(=O)OC)cc4s3)cc(C)cc2n1. The van der Waals surface area contributed by atoms with Crippen molar-refractivity contribution in [2.75, 3.05) is 14.2 Å². The molecule has 0 aliphatic heterocycles. The van der Waals surface area contributed by atoms with Crippen molar-refractivity contribution in [3.8, 4) is 10.6 Å². The molecule has 0 saturated carbocycles. The molecular weight excluding hydrogens is 362 g/mol. The van der Waals surface area contributed by atoms with Crippen molar-refractivity contribution in [3.05, 3.63) is 53.3 Å². The van der Waals surface area contributed by atoms with Gasteiger partial charge in [0.25, 0.3) is 0 Å². The number of carbonyl (C=O) groups excluding carboxylic acids is 1. The second-order valence-electron chi connectivity index (χ2n) is 6.17.